The van der Waals surface area contributed by atoms with Crippen LogP contribution in [0.3, 0.4) is 0 Å². The average Bonchev–Trinajstić information content (AvgIpc) is 2.47. The predicted octanol–water partition coefficient (Wildman–Crippen LogP) is 3.71. The second-order valence-corrected chi connectivity index (χ2v) is 4.48. The van der Waals surface area contributed by atoms with Crippen LogP contribution in [-0.2, 0) is 14.0 Å². The van der Waals surface area contributed by atoms with Crippen LogP contribution in [0, 0.1) is 0 Å². The molecule has 96 valence electrons. The molecule has 0 amide bonds. The minimum atomic E-state index is -1.43. The van der Waals surface area contributed by atoms with Gasteiger partial charge in [-0.1, -0.05) is 72.3 Å². The summed E-state index contributed by atoms with van der Waals surface area (Å²) in [6.45, 7) is 0. The molecule has 5 heteroatoms. The summed E-state index contributed by atoms with van der Waals surface area (Å²) in [5, 5.41) is 0. The molecule has 0 spiro atoms. The summed E-state index contributed by atoms with van der Waals surface area (Å²) in [7, 11) is 0. The van der Waals surface area contributed by atoms with Crippen LogP contribution < -0.4 is 0 Å². The van der Waals surface area contributed by atoms with Crippen LogP contribution in [0.4, 0.5) is 0 Å². The topological polar surface area (TPSA) is 26.3 Å². The van der Waals surface area contributed by atoms with Crippen LogP contribution in [0.15, 0.2) is 60.7 Å². The van der Waals surface area contributed by atoms with Crippen LogP contribution in [-0.4, -0.2) is 43.7 Å². The second-order valence-electron chi connectivity index (χ2n) is 3.76. The molecule has 0 bridgehead atoms. The monoisotopic (exact) mass is 322 g/mol. The summed E-state index contributed by atoms with van der Waals surface area (Å²) < 4.78 is 4.33. The Balaban J connectivity index is 0. The molecule has 0 aliphatic heterocycles. The van der Waals surface area contributed by atoms with Gasteiger partial charge in [0.15, 0.2) is 4.87 Å². The van der Waals surface area contributed by atoms with Crippen molar-refractivity contribution in [2.75, 3.05) is 0 Å². The third-order valence-corrected chi connectivity index (χ3v) is 3.43. The molecule has 2 rings (SSSR count). The summed E-state index contributed by atoms with van der Waals surface area (Å²) >= 11 is 11.7. The van der Waals surface area contributed by atoms with Crippen molar-refractivity contribution >= 4 is 67.2 Å². The number of hydrogen-bond donors (Lipinski definition) is 0. The number of carbonyl (C=O) groups excluding carboxylic acids is 1. The molecule has 2 aromatic carbocycles. The zero-order chi connectivity index (χ0) is 13.0. The van der Waals surface area contributed by atoms with E-state index in [-0.39, 0.29) is 40.6 Å². The van der Waals surface area contributed by atoms with E-state index in [9.17, 15) is 4.79 Å². The summed E-state index contributed by atoms with van der Waals surface area (Å²) in [5.74, 6) is -0.719. The van der Waals surface area contributed by atoms with Crippen molar-refractivity contribution in [1.82, 2.24) is 0 Å². The fourth-order valence-electron chi connectivity index (χ4n) is 1.79. The predicted molar refractivity (Wildman–Crippen MR) is 79.4 cm³/mol. The van der Waals surface area contributed by atoms with Crippen LogP contribution in [0.1, 0.15) is 14.0 Å². The van der Waals surface area contributed by atoms with Crippen LogP contribution in [0.2, 0.25) is 0 Å². The van der Waals surface area contributed by atoms with E-state index in [1.54, 1.807) is 48.5 Å². The first kappa shape index (κ1) is 16.8. The zero-order valence-electron chi connectivity index (χ0n) is 12.1. The van der Waals surface area contributed by atoms with Crippen molar-refractivity contribution in [2.45, 2.75) is 4.87 Å². The standard InChI is InChI=1S/C14H10Cl2O2.Ca.2H/c15-14(13(17)18-16,11-7-3-1-4-8-11)12-9-5-2-6-10-12;;;/h1-10H;;;/q;+2;2*-1. The van der Waals surface area contributed by atoms with Crippen LogP contribution >= 0.6 is 23.5 Å². The van der Waals surface area contributed by atoms with Crippen molar-refractivity contribution in [3.8, 4) is 0 Å². The average molecular weight is 323 g/mol. The number of benzene rings is 2. The molecule has 0 radical (unpaired) electrons. The van der Waals surface area contributed by atoms with Gasteiger partial charge >= 0.3 is 43.7 Å². The van der Waals surface area contributed by atoms with Crippen LogP contribution in [0.5, 0.6) is 0 Å². The fraction of sp³-hybridized carbons (Fsp3) is 0.0714. The van der Waals surface area contributed by atoms with Crippen molar-refractivity contribution < 1.29 is 11.9 Å². The van der Waals surface area contributed by atoms with Crippen molar-refractivity contribution in [3.05, 3.63) is 71.8 Å². The van der Waals surface area contributed by atoms with Gasteiger partial charge in [-0.3, -0.25) is 0 Å². The first-order valence-electron chi connectivity index (χ1n) is 5.32. The molecule has 0 unspecified atom stereocenters. The number of carbonyl (C=O) groups is 1. The van der Waals surface area contributed by atoms with E-state index in [2.05, 4.69) is 4.29 Å². The summed E-state index contributed by atoms with van der Waals surface area (Å²) in [5.41, 5.74) is 1.23. The molecule has 0 atom stereocenters. The Morgan fingerprint density at radius 1 is 0.947 bits per heavy atom. The largest absolute Gasteiger partial charge is 2.00 e. The van der Waals surface area contributed by atoms with E-state index in [0.29, 0.717) is 11.1 Å². The zero-order valence-corrected chi connectivity index (χ0v) is 13.8. The molecular formula is C14H12CaCl2O2. The van der Waals surface area contributed by atoms with Crippen LogP contribution in [0.25, 0.3) is 0 Å². The second kappa shape index (κ2) is 7.51. The third kappa shape index (κ3) is 3.45. The Labute approximate surface area is 154 Å². The molecule has 0 saturated carbocycles. The van der Waals surface area contributed by atoms with E-state index in [0.717, 1.165) is 0 Å². The van der Waals surface area contributed by atoms with Gasteiger partial charge in [-0.05, 0) is 11.1 Å². The third-order valence-electron chi connectivity index (χ3n) is 2.69. The van der Waals surface area contributed by atoms with Gasteiger partial charge in [0.2, 0.25) is 0 Å². The van der Waals surface area contributed by atoms with E-state index in [1.165, 1.54) is 0 Å². The Morgan fingerprint density at radius 2 is 1.32 bits per heavy atom. The molecule has 0 aromatic heterocycles. The van der Waals surface area contributed by atoms with E-state index in [4.69, 9.17) is 23.5 Å². The van der Waals surface area contributed by atoms with E-state index < -0.39 is 10.8 Å². The van der Waals surface area contributed by atoms with Gasteiger partial charge < -0.3 is 7.14 Å². The number of halogens is 2. The van der Waals surface area contributed by atoms with Gasteiger partial charge in [0.05, 0.1) is 0 Å². The van der Waals surface area contributed by atoms with Gasteiger partial charge in [0, 0.05) is 0 Å². The van der Waals surface area contributed by atoms with Gasteiger partial charge in [0.1, 0.15) is 11.9 Å². The van der Waals surface area contributed by atoms with Crippen molar-refractivity contribution in [1.29, 1.82) is 0 Å². The molecule has 0 aliphatic carbocycles. The molecule has 0 saturated heterocycles. The number of hydrogen-bond acceptors (Lipinski definition) is 2. The Morgan fingerprint density at radius 3 is 1.63 bits per heavy atom. The first-order valence-corrected chi connectivity index (χ1v) is 6.01. The smallest absolute Gasteiger partial charge is 1.00 e. The molecule has 2 nitrogen and oxygen atoms in total. The summed E-state index contributed by atoms with van der Waals surface area (Å²) in [4.78, 5) is 10.5. The first-order chi connectivity index (χ1) is 8.69. The van der Waals surface area contributed by atoms with E-state index >= 15 is 0 Å². The van der Waals surface area contributed by atoms with Crippen molar-refractivity contribution in [3.63, 3.8) is 0 Å². The summed E-state index contributed by atoms with van der Waals surface area (Å²) in [6.07, 6.45) is 0. The van der Waals surface area contributed by atoms with Gasteiger partial charge in [-0.15, -0.1) is 0 Å². The Hall–Kier alpha value is -0.250. The SMILES string of the molecule is O=C(OCl)C(Cl)(c1ccccc1)c1ccccc1.[Ca+2].[H-].[H-]. The van der Waals surface area contributed by atoms with Gasteiger partial charge in [-0.25, -0.2) is 4.79 Å². The number of rotatable bonds is 3. The minimum Gasteiger partial charge on any atom is -1.00 e. The molecular weight excluding hydrogens is 311 g/mol. The fourth-order valence-corrected chi connectivity index (χ4v) is 2.24. The van der Waals surface area contributed by atoms with E-state index in [1.807, 2.05) is 12.1 Å². The molecule has 2 aromatic rings. The maximum atomic E-state index is 11.9. The normalized spacial score (nSPS) is 10.4. The Kier molecular flexibility index (Phi) is 6.64. The van der Waals surface area contributed by atoms with Gasteiger partial charge in [0.25, 0.3) is 0 Å². The molecule has 0 fully saturated rings. The minimum absolute atomic E-state index is 0. The Bertz CT molecular complexity index is 502. The number of alkyl halides is 1. The summed E-state index contributed by atoms with van der Waals surface area (Å²) in [6, 6.07) is 17.9. The quantitative estimate of drug-likeness (QED) is 0.636. The molecule has 0 aliphatic rings. The maximum absolute atomic E-state index is 11.9. The van der Waals surface area contributed by atoms with Crippen molar-refractivity contribution in [2.24, 2.45) is 0 Å². The maximum Gasteiger partial charge on any atom is 2.00 e. The van der Waals surface area contributed by atoms with Gasteiger partial charge in [-0.2, -0.15) is 0 Å². The molecule has 19 heavy (non-hydrogen) atoms. The molecule has 0 N–H and O–H groups in total. The molecule has 0 heterocycles.